The van der Waals surface area contributed by atoms with Gasteiger partial charge in [0.15, 0.2) is 33.2 Å². The third kappa shape index (κ3) is 3.10. The fourth-order valence-electron chi connectivity index (χ4n) is 3.54. The smallest absolute Gasteiger partial charge is 0.407 e. The predicted molar refractivity (Wildman–Crippen MR) is 97.5 cm³/mol. The lowest BCUT2D eigenvalue weighted by molar-refractivity contribution is -0.158. The Morgan fingerprint density at radius 3 is 2.57 bits per heavy atom. The van der Waals surface area contributed by atoms with Crippen LogP contribution in [0.5, 0.6) is 11.5 Å². The molecule has 1 aromatic carbocycles. The minimum absolute atomic E-state index is 0.255. The van der Waals surface area contributed by atoms with Crippen LogP contribution in [0.2, 0.25) is 0 Å². The molecular formula is C17H18N2O10S. The van der Waals surface area contributed by atoms with Gasteiger partial charge in [0.2, 0.25) is 5.91 Å². The Kier molecular flexibility index (Phi) is 5.10. The number of β-lactam (4-membered cyclic amide) rings is 1. The summed E-state index contributed by atoms with van der Waals surface area (Å²) in [7, 11) is -4.14. The average Bonchev–Trinajstić information content (AvgIpc) is 2.81. The van der Waals surface area contributed by atoms with E-state index in [-0.39, 0.29) is 12.0 Å². The molecule has 2 heterocycles. The SMILES string of the molecule is C[C@]1(COC(=O)NCC(=O)c2cccc(O)c2O)[C@H](C(=O)O)N2C(=O)C[C@H]2S1(=O)=O. The molecule has 3 rings (SSSR count). The van der Waals surface area contributed by atoms with Gasteiger partial charge in [-0.25, -0.2) is 18.0 Å². The van der Waals surface area contributed by atoms with Gasteiger partial charge >= 0.3 is 12.1 Å². The minimum Gasteiger partial charge on any atom is -0.504 e. The number of ketones is 1. The molecule has 0 radical (unpaired) electrons. The number of amides is 2. The number of hydrogen-bond acceptors (Lipinski definition) is 9. The summed E-state index contributed by atoms with van der Waals surface area (Å²) in [4.78, 5) is 48.1. The first-order valence-corrected chi connectivity index (χ1v) is 10.2. The van der Waals surface area contributed by atoms with Crippen LogP contribution in [0, 0.1) is 0 Å². The summed E-state index contributed by atoms with van der Waals surface area (Å²) in [6.07, 6.45) is -1.54. The van der Waals surface area contributed by atoms with E-state index in [0.29, 0.717) is 0 Å². The number of carbonyl (C=O) groups is 4. The van der Waals surface area contributed by atoms with Gasteiger partial charge in [-0.2, -0.15) is 0 Å². The summed E-state index contributed by atoms with van der Waals surface area (Å²) in [6.45, 7) is -0.422. The fourth-order valence-corrected chi connectivity index (χ4v) is 5.81. The van der Waals surface area contributed by atoms with Gasteiger partial charge in [0, 0.05) is 0 Å². The van der Waals surface area contributed by atoms with Gasteiger partial charge in [-0.3, -0.25) is 9.59 Å². The highest BCUT2D eigenvalue weighted by molar-refractivity contribution is 7.94. The van der Waals surface area contributed by atoms with E-state index in [1.54, 1.807) is 0 Å². The molecule has 0 saturated carbocycles. The van der Waals surface area contributed by atoms with Gasteiger partial charge in [0.1, 0.15) is 16.7 Å². The number of benzene rings is 1. The third-order valence-electron chi connectivity index (χ3n) is 5.24. The largest absolute Gasteiger partial charge is 0.504 e. The Morgan fingerprint density at radius 2 is 1.97 bits per heavy atom. The lowest BCUT2D eigenvalue weighted by atomic mass is 9.97. The van der Waals surface area contributed by atoms with E-state index in [2.05, 4.69) is 5.32 Å². The zero-order chi connectivity index (χ0) is 22.4. The quantitative estimate of drug-likeness (QED) is 0.247. The number of carboxylic acid groups (broad SMARTS) is 1. The summed E-state index contributed by atoms with van der Waals surface area (Å²) in [6, 6.07) is 1.97. The lowest BCUT2D eigenvalue weighted by Gasteiger charge is -2.35. The lowest BCUT2D eigenvalue weighted by Crippen LogP contribution is -2.58. The van der Waals surface area contributed by atoms with E-state index in [9.17, 15) is 42.9 Å². The van der Waals surface area contributed by atoms with Crippen molar-refractivity contribution in [2.75, 3.05) is 13.2 Å². The monoisotopic (exact) mass is 442 g/mol. The number of sulfone groups is 1. The molecule has 2 aliphatic heterocycles. The summed E-state index contributed by atoms with van der Waals surface area (Å²) in [5.74, 6) is -4.13. The maximum atomic E-state index is 12.7. The van der Waals surface area contributed by atoms with Crippen LogP contribution in [0.1, 0.15) is 23.7 Å². The number of hydrogen-bond donors (Lipinski definition) is 4. The van der Waals surface area contributed by atoms with E-state index in [4.69, 9.17) is 4.74 Å². The van der Waals surface area contributed by atoms with E-state index in [0.717, 1.165) is 17.9 Å². The Morgan fingerprint density at radius 1 is 1.30 bits per heavy atom. The number of carboxylic acids is 1. The number of aliphatic carboxylic acids is 1. The number of ether oxygens (including phenoxy) is 1. The van der Waals surface area contributed by atoms with E-state index < -0.39 is 74.4 Å². The number of carbonyl (C=O) groups excluding carboxylic acids is 3. The Labute approximate surface area is 170 Å². The molecule has 2 fully saturated rings. The van der Waals surface area contributed by atoms with Crippen LogP contribution in [0.25, 0.3) is 0 Å². The van der Waals surface area contributed by atoms with Crippen molar-refractivity contribution in [1.82, 2.24) is 10.2 Å². The van der Waals surface area contributed by atoms with Crippen molar-refractivity contribution in [2.45, 2.75) is 29.5 Å². The normalized spacial score (nSPS) is 26.4. The molecule has 0 bridgehead atoms. The first-order valence-electron chi connectivity index (χ1n) is 8.64. The highest BCUT2D eigenvalue weighted by Gasteiger charge is 2.70. The van der Waals surface area contributed by atoms with Crippen molar-refractivity contribution >= 4 is 33.6 Å². The molecule has 2 saturated heterocycles. The van der Waals surface area contributed by atoms with Crippen LogP contribution in [0.3, 0.4) is 0 Å². The summed E-state index contributed by atoms with van der Waals surface area (Å²) >= 11 is 0. The standard InChI is InChI=1S/C17H18N2O10S/c1-17(14(15(24)25)19-11(22)5-12(19)30(17,27)28)7-29-16(26)18-6-10(21)8-3-2-4-9(20)13(8)23/h2-4,12,14,20,23H,5-7H2,1H3,(H,18,26)(H,24,25)/t12-,14+,17+/m1/s1. The first kappa shape index (κ1) is 21.4. The van der Waals surface area contributed by atoms with Crippen LogP contribution in [0.15, 0.2) is 18.2 Å². The van der Waals surface area contributed by atoms with Gasteiger partial charge < -0.3 is 30.3 Å². The predicted octanol–water partition coefficient (Wildman–Crippen LogP) is -0.795. The maximum Gasteiger partial charge on any atom is 0.407 e. The molecule has 4 N–H and O–H groups in total. The summed E-state index contributed by atoms with van der Waals surface area (Å²) in [5, 5.41) is 29.3. The van der Waals surface area contributed by atoms with Gasteiger partial charge in [0.25, 0.3) is 0 Å². The van der Waals surface area contributed by atoms with Crippen LogP contribution in [-0.2, 0) is 24.2 Å². The van der Waals surface area contributed by atoms with Crippen LogP contribution in [-0.4, -0.2) is 81.7 Å². The number of nitrogens with zero attached hydrogens (tertiary/aromatic N) is 1. The van der Waals surface area contributed by atoms with Crippen LogP contribution >= 0.6 is 0 Å². The number of rotatable bonds is 6. The van der Waals surface area contributed by atoms with Gasteiger partial charge in [0.05, 0.1) is 18.5 Å². The van der Waals surface area contributed by atoms with Crippen molar-refractivity contribution in [3.63, 3.8) is 0 Å². The maximum absolute atomic E-state index is 12.7. The molecule has 13 heteroatoms. The molecule has 0 unspecified atom stereocenters. The van der Waals surface area contributed by atoms with Crippen molar-refractivity contribution in [1.29, 1.82) is 0 Å². The van der Waals surface area contributed by atoms with Gasteiger partial charge in [-0.15, -0.1) is 0 Å². The number of alkyl carbamates (subject to hydrolysis) is 1. The molecule has 0 aliphatic carbocycles. The fraction of sp³-hybridized carbons (Fsp3) is 0.412. The second-order valence-electron chi connectivity index (χ2n) is 7.08. The van der Waals surface area contributed by atoms with Gasteiger partial charge in [-0.1, -0.05) is 6.07 Å². The van der Waals surface area contributed by atoms with E-state index in [1.807, 2.05) is 0 Å². The van der Waals surface area contributed by atoms with Crippen LogP contribution in [0.4, 0.5) is 4.79 Å². The highest BCUT2D eigenvalue weighted by Crippen LogP contribution is 2.46. The molecule has 0 spiro atoms. The molecule has 3 atom stereocenters. The minimum atomic E-state index is -4.14. The number of Topliss-reactive ketones (excluding diaryl/α,β-unsaturated/α-hetero) is 1. The molecule has 30 heavy (non-hydrogen) atoms. The van der Waals surface area contributed by atoms with Crippen LogP contribution < -0.4 is 5.32 Å². The molecule has 2 amide bonds. The average molecular weight is 442 g/mol. The number of aromatic hydroxyl groups is 2. The second kappa shape index (κ2) is 7.16. The molecular weight excluding hydrogens is 424 g/mol. The van der Waals surface area contributed by atoms with Gasteiger partial charge in [-0.05, 0) is 19.1 Å². The van der Waals surface area contributed by atoms with E-state index >= 15 is 0 Å². The molecule has 1 aromatic rings. The number of fused-ring (bicyclic) bond motifs is 1. The molecule has 2 aliphatic rings. The molecule has 0 aromatic heterocycles. The Balaban J connectivity index is 1.66. The molecule has 162 valence electrons. The zero-order valence-electron chi connectivity index (χ0n) is 15.6. The summed E-state index contributed by atoms with van der Waals surface area (Å²) < 4.78 is 28.2. The van der Waals surface area contributed by atoms with Crippen molar-refractivity contribution in [3.8, 4) is 11.5 Å². The number of nitrogens with one attached hydrogen (secondary N) is 1. The Hall–Kier alpha value is -3.35. The highest BCUT2D eigenvalue weighted by atomic mass is 32.2. The van der Waals surface area contributed by atoms with Crippen molar-refractivity contribution in [3.05, 3.63) is 23.8 Å². The number of para-hydroxylation sites is 1. The Bertz CT molecular complexity index is 1050. The molecule has 12 nitrogen and oxygen atoms in total. The third-order valence-corrected chi connectivity index (χ3v) is 8.00. The summed E-state index contributed by atoms with van der Waals surface area (Å²) in [5.41, 5.74) is -0.255. The second-order valence-corrected chi connectivity index (χ2v) is 9.65. The first-order chi connectivity index (χ1) is 13.9. The number of phenols is 2. The van der Waals surface area contributed by atoms with Crippen molar-refractivity contribution < 1.29 is 47.7 Å². The van der Waals surface area contributed by atoms with Crippen molar-refractivity contribution in [2.24, 2.45) is 0 Å². The van der Waals surface area contributed by atoms with E-state index in [1.165, 1.54) is 12.1 Å². The number of phenolic OH excluding ortho intramolecular Hbond substituents is 2. The zero-order valence-corrected chi connectivity index (χ0v) is 16.4. The topological polar surface area (TPSA) is 188 Å².